The molecule has 4 heteroatoms. The summed E-state index contributed by atoms with van der Waals surface area (Å²) in [5, 5.41) is 19.3. The van der Waals surface area contributed by atoms with Crippen molar-refractivity contribution < 1.29 is 10.2 Å². The van der Waals surface area contributed by atoms with Crippen LogP contribution < -0.4 is 0 Å². The molecule has 0 radical (unpaired) electrons. The Kier molecular flexibility index (Phi) is 3.74. The molecule has 0 bridgehead atoms. The van der Waals surface area contributed by atoms with E-state index in [9.17, 15) is 10.2 Å². The second-order valence-electron chi connectivity index (χ2n) is 5.08. The molecule has 0 amide bonds. The summed E-state index contributed by atoms with van der Waals surface area (Å²) in [6.45, 7) is 4.19. The van der Waals surface area contributed by atoms with Gasteiger partial charge in [-0.15, -0.1) is 22.7 Å². The minimum absolute atomic E-state index is 0.0703. The van der Waals surface area contributed by atoms with E-state index < -0.39 is 0 Å². The van der Waals surface area contributed by atoms with Crippen molar-refractivity contribution in [3.63, 3.8) is 0 Å². The van der Waals surface area contributed by atoms with Gasteiger partial charge < -0.3 is 10.2 Å². The Hall–Kier alpha value is -1.78. The summed E-state index contributed by atoms with van der Waals surface area (Å²) in [7, 11) is 0. The Balaban J connectivity index is 2.13. The van der Waals surface area contributed by atoms with Gasteiger partial charge in [0.15, 0.2) is 11.5 Å². The maximum Gasteiger partial charge on any atom is 0.157 e. The van der Waals surface area contributed by atoms with Gasteiger partial charge in [-0.2, -0.15) is 0 Å². The third kappa shape index (κ3) is 2.82. The largest absolute Gasteiger partial charge is 0.504 e. The molecule has 2 N–H and O–H groups in total. The molecule has 0 atom stereocenters. The molecule has 0 saturated heterocycles. The number of aryl methyl sites for hydroxylation is 2. The molecular weight excluding hydrogens is 300 g/mol. The van der Waals surface area contributed by atoms with Gasteiger partial charge in [0.1, 0.15) is 0 Å². The van der Waals surface area contributed by atoms with E-state index in [0.29, 0.717) is 0 Å². The Bertz CT molecular complexity index is 730. The first kappa shape index (κ1) is 14.2. The molecule has 1 aromatic carbocycles. The quantitative estimate of drug-likeness (QED) is 0.666. The van der Waals surface area contributed by atoms with E-state index in [2.05, 4.69) is 38.1 Å². The minimum atomic E-state index is -0.0813. The van der Waals surface area contributed by atoms with Gasteiger partial charge in [0.05, 0.1) is 5.92 Å². The molecule has 0 unspecified atom stereocenters. The van der Waals surface area contributed by atoms with Crippen LogP contribution in [0.2, 0.25) is 0 Å². The molecule has 0 fully saturated rings. The second kappa shape index (κ2) is 5.54. The molecule has 2 aromatic heterocycles. The first-order valence-corrected chi connectivity index (χ1v) is 8.32. The normalized spacial score (nSPS) is 11.2. The standard InChI is InChI=1S/C17H16O2S2/c1-10-3-7-15(20-10)17(16-8-4-11(2)21-16)12-5-6-13(18)14(19)9-12/h3-9,17-19H,1-2H3. The average Bonchev–Trinajstić information content (AvgIpc) is 3.04. The van der Waals surface area contributed by atoms with Crippen molar-refractivity contribution in [1.29, 1.82) is 0 Å². The zero-order valence-electron chi connectivity index (χ0n) is 11.8. The second-order valence-corrected chi connectivity index (χ2v) is 7.72. The zero-order chi connectivity index (χ0) is 15.0. The molecule has 21 heavy (non-hydrogen) atoms. The van der Waals surface area contributed by atoms with E-state index in [4.69, 9.17) is 0 Å². The van der Waals surface area contributed by atoms with Crippen molar-refractivity contribution in [2.45, 2.75) is 19.8 Å². The van der Waals surface area contributed by atoms with Crippen LogP contribution in [0.3, 0.4) is 0 Å². The van der Waals surface area contributed by atoms with Crippen molar-refractivity contribution in [3.8, 4) is 11.5 Å². The Morgan fingerprint density at radius 1 is 0.762 bits per heavy atom. The topological polar surface area (TPSA) is 40.5 Å². The van der Waals surface area contributed by atoms with E-state index in [0.717, 1.165) is 5.56 Å². The summed E-state index contributed by atoms with van der Waals surface area (Å²) in [5.74, 6) is -0.0461. The van der Waals surface area contributed by atoms with Crippen LogP contribution in [0.1, 0.15) is 31.0 Å². The van der Waals surface area contributed by atoms with E-state index >= 15 is 0 Å². The highest BCUT2D eigenvalue weighted by atomic mass is 32.1. The molecule has 108 valence electrons. The van der Waals surface area contributed by atoms with Crippen LogP contribution in [0.15, 0.2) is 42.5 Å². The van der Waals surface area contributed by atoms with Crippen molar-refractivity contribution in [1.82, 2.24) is 0 Å². The lowest BCUT2D eigenvalue weighted by molar-refractivity contribution is 0.403. The lowest BCUT2D eigenvalue weighted by Gasteiger charge is -2.15. The number of benzene rings is 1. The monoisotopic (exact) mass is 316 g/mol. The van der Waals surface area contributed by atoms with Crippen LogP contribution in [0.4, 0.5) is 0 Å². The van der Waals surface area contributed by atoms with Gasteiger partial charge in [-0.1, -0.05) is 6.07 Å². The third-order valence-corrected chi connectivity index (χ3v) is 5.56. The number of hydrogen-bond acceptors (Lipinski definition) is 4. The predicted molar refractivity (Wildman–Crippen MR) is 88.8 cm³/mol. The van der Waals surface area contributed by atoms with Gasteiger partial charge in [-0.05, 0) is 55.8 Å². The number of rotatable bonds is 3. The van der Waals surface area contributed by atoms with Gasteiger partial charge >= 0.3 is 0 Å². The van der Waals surface area contributed by atoms with E-state index in [1.165, 1.54) is 19.5 Å². The summed E-state index contributed by atoms with van der Waals surface area (Å²) >= 11 is 3.53. The molecule has 0 aliphatic rings. The molecule has 0 saturated carbocycles. The van der Waals surface area contributed by atoms with E-state index in [-0.39, 0.29) is 17.4 Å². The Morgan fingerprint density at radius 3 is 1.76 bits per heavy atom. The summed E-state index contributed by atoms with van der Waals surface area (Å²) in [5.41, 5.74) is 0.994. The van der Waals surface area contributed by atoms with Crippen LogP contribution in [0.5, 0.6) is 11.5 Å². The average molecular weight is 316 g/mol. The summed E-state index contributed by atoms with van der Waals surface area (Å²) in [4.78, 5) is 5.04. The van der Waals surface area contributed by atoms with Crippen LogP contribution in [-0.2, 0) is 0 Å². The van der Waals surface area contributed by atoms with Crippen molar-refractivity contribution in [2.75, 3.05) is 0 Å². The van der Waals surface area contributed by atoms with Crippen molar-refractivity contribution >= 4 is 22.7 Å². The number of aromatic hydroxyl groups is 2. The van der Waals surface area contributed by atoms with Crippen LogP contribution in [0.25, 0.3) is 0 Å². The van der Waals surface area contributed by atoms with Gasteiger partial charge in [-0.3, -0.25) is 0 Å². The maximum atomic E-state index is 9.81. The molecule has 3 aromatic rings. The van der Waals surface area contributed by atoms with E-state index in [1.54, 1.807) is 34.8 Å². The summed E-state index contributed by atoms with van der Waals surface area (Å²) in [6.07, 6.45) is 0. The number of phenolic OH excluding ortho intramolecular Hbond substituents is 2. The van der Waals surface area contributed by atoms with Gasteiger partial charge in [0.25, 0.3) is 0 Å². The van der Waals surface area contributed by atoms with Crippen LogP contribution >= 0.6 is 22.7 Å². The van der Waals surface area contributed by atoms with Gasteiger partial charge in [0.2, 0.25) is 0 Å². The molecule has 0 aliphatic heterocycles. The lowest BCUT2D eigenvalue weighted by Crippen LogP contribution is -1.98. The molecule has 2 nitrogen and oxygen atoms in total. The smallest absolute Gasteiger partial charge is 0.157 e. The highest BCUT2D eigenvalue weighted by molar-refractivity contribution is 7.13. The molecule has 0 aliphatic carbocycles. The first-order valence-electron chi connectivity index (χ1n) is 6.69. The van der Waals surface area contributed by atoms with Gasteiger partial charge in [-0.25, -0.2) is 0 Å². The third-order valence-electron chi connectivity index (χ3n) is 3.42. The van der Waals surface area contributed by atoms with E-state index in [1.807, 2.05) is 6.07 Å². The highest BCUT2D eigenvalue weighted by Gasteiger charge is 2.21. The number of phenols is 2. The predicted octanol–water partition coefficient (Wildman–Crippen LogP) is 5.02. The number of hydrogen-bond donors (Lipinski definition) is 2. The minimum Gasteiger partial charge on any atom is -0.504 e. The molecule has 3 rings (SSSR count). The fourth-order valence-electron chi connectivity index (χ4n) is 2.41. The lowest BCUT2D eigenvalue weighted by atomic mass is 9.95. The number of thiophene rings is 2. The van der Waals surface area contributed by atoms with Crippen molar-refractivity contribution in [2.24, 2.45) is 0 Å². The first-order chi connectivity index (χ1) is 10.0. The fraction of sp³-hybridized carbons (Fsp3) is 0.176. The molecular formula is C17H16O2S2. The van der Waals surface area contributed by atoms with Crippen LogP contribution in [0, 0.1) is 13.8 Å². The summed E-state index contributed by atoms with van der Waals surface area (Å²) in [6, 6.07) is 13.6. The zero-order valence-corrected chi connectivity index (χ0v) is 13.5. The molecule has 2 heterocycles. The Labute approximate surface area is 132 Å². The highest BCUT2D eigenvalue weighted by Crippen LogP contribution is 2.41. The Morgan fingerprint density at radius 2 is 1.33 bits per heavy atom. The SMILES string of the molecule is Cc1ccc(C(c2ccc(O)c(O)c2)c2ccc(C)s2)s1. The fourth-order valence-corrected chi connectivity index (χ4v) is 4.53. The van der Waals surface area contributed by atoms with Crippen molar-refractivity contribution in [3.05, 3.63) is 67.5 Å². The molecule has 0 spiro atoms. The van der Waals surface area contributed by atoms with Crippen LogP contribution in [-0.4, -0.2) is 10.2 Å². The summed E-state index contributed by atoms with van der Waals surface area (Å²) < 4.78 is 0. The van der Waals surface area contributed by atoms with Gasteiger partial charge in [0, 0.05) is 19.5 Å². The maximum absolute atomic E-state index is 9.81.